The van der Waals surface area contributed by atoms with Crippen LogP contribution in [0.1, 0.15) is 27.8 Å². The first kappa shape index (κ1) is 30.6. The average Bonchev–Trinajstić information content (AvgIpc) is 3.29. The van der Waals surface area contributed by atoms with E-state index in [-0.39, 0.29) is 39.4 Å². The van der Waals surface area contributed by atoms with Crippen molar-refractivity contribution in [3.05, 3.63) is 88.5 Å². The van der Waals surface area contributed by atoms with Gasteiger partial charge >= 0.3 is 24.5 Å². The molecule has 234 valence electrons. The topological polar surface area (TPSA) is 17.0 Å². The largest absolute Gasteiger partial charge is 0.458 e. The Morgan fingerprint density at radius 3 is 1.87 bits per heavy atom. The van der Waals surface area contributed by atoms with Crippen LogP contribution in [0.4, 0.5) is 48.3 Å². The van der Waals surface area contributed by atoms with Crippen LogP contribution in [-0.2, 0) is 25.3 Å². The molecule has 0 saturated heterocycles. The standard InChI is InChI=1S/C32H19F11NO/c1-14-10-21-20-12-23(31(38,39)40)22(29(33,34)32(41,42)43)13-25(20)45-28(21)26(15(14)2)27-18-7-5-4-6-17(18)19-11-16(30(35,36)37)8-9-24(19)44(27)3/h4-13H,1-3H3/q+1. The first-order valence-electron chi connectivity index (χ1n) is 13.2. The zero-order valence-corrected chi connectivity index (χ0v) is 23.3. The number of nitrogens with zero attached hydrogens (tertiary/aromatic N) is 1. The minimum atomic E-state index is -6.32. The minimum absolute atomic E-state index is 0.0204. The first-order chi connectivity index (χ1) is 20.7. The van der Waals surface area contributed by atoms with E-state index < -0.39 is 46.7 Å². The third-order valence-electron chi connectivity index (χ3n) is 8.15. The molecule has 0 aliphatic heterocycles. The van der Waals surface area contributed by atoms with E-state index in [0.717, 1.165) is 12.1 Å². The maximum atomic E-state index is 14.4. The molecule has 13 heteroatoms. The van der Waals surface area contributed by atoms with Crippen LogP contribution in [0.2, 0.25) is 0 Å². The molecule has 6 aromatic rings. The highest BCUT2D eigenvalue weighted by Gasteiger charge is 2.61. The molecule has 0 amide bonds. The van der Waals surface area contributed by atoms with Crippen molar-refractivity contribution in [1.29, 1.82) is 0 Å². The van der Waals surface area contributed by atoms with Crippen molar-refractivity contribution in [2.24, 2.45) is 7.05 Å². The van der Waals surface area contributed by atoms with Crippen molar-refractivity contribution >= 4 is 43.6 Å². The van der Waals surface area contributed by atoms with E-state index in [1.807, 2.05) is 0 Å². The number of fused-ring (bicyclic) bond motifs is 6. The number of alkyl halides is 11. The van der Waals surface area contributed by atoms with Gasteiger partial charge in [0, 0.05) is 27.8 Å². The molecule has 2 heterocycles. The maximum Gasteiger partial charge on any atom is 0.458 e. The Bertz CT molecular complexity index is 2190. The van der Waals surface area contributed by atoms with Crippen molar-refractivity contribution in [2.45, 2.75) is 38.3 Å². The Kier molecular flexibility index (Phi) is 6.49. The number of halogens is 11. The lowest BCUT2D eigenvalue weighted by molar-refractivity contribution is -0.632. The molecule has 0 bridgehead atoms. The van der Waals surface area contributed by atoms with Gasteiger partial charge in [0.15, 0.2) is 0 Å². The van der Waals surface area contributed by atoms with Gasteiger partial charge in [-0.1, -0.05) is 18.2 Å². The third kappa shape index (κ3) is 4.57. The highest BCUT2D eigenvalue weighted by atomic mass is 19.4. The van der Waals surface area contributed by atoms with Gasteiger partial charge < -0.3 is 4.42 Å². The third-order valence-corrected chi connectivity index (χ3v) is 8.15. The molecule has 0 aliphatic rings. The van der Waals surface area contributed by atoms with Gasteiger partial charge in [-0.15, -0.1) is 0 Å². The summed E-state index contributed by atoms with van der Waals surface area (Å²) >= 11 is 0. The predicted octanol–water partition coefficient (Wildman–Crippen LogP) is 10.7. The van der Waals surface area contributed by atoms with E-state index in [1.54, 1.807) is 49.7 Å². The van der Waals surface area contributed by atoms with E-state index in [2.05, 4.69) is 0 Å². The van der Waals surface area contributed by atoms with Gasteiger partial charge in [0.1, 0.15) is 18.2 Å². The lowest BCUT2D eigenvalue weighted by Gasteiger charge is -2.23. The monoisotopic (exact) mass is 642 g/mol. The molecule has 2 nitrogen and oxygen atoms in total. The van der Waals surface area contributed by atoms with Gasteiger partial charge in [-0.25, -0.2) is 0 Å². The SMILES string of the molecule is Cc1cc2c(oc3cc(C(F)(F)C(F)(F)F)c(C(F)(F)F)cc32)c(-c2c3ccccc3c3cc(C(F)(F)F)ccc3[n+]2C)c1C. The summed E-state index contributed by atoms with van der Waals surface area (Å²) in [6.07, 6.45) is -16.5. The molecular formula is C32H19F11NO+. The molecule has 6 rings (SSSR count). The van der Waals surface area contributed by atoms with Crippen LogP contribution in [0.15, 0.2) is 65.1 Å². The second kappa shape index (κ2) is 9.54. The molecule has 4 aromatic carbocycles. The number of benzene rings is 4. The van der Waals surface area contributed by atoms with Crippen LogP contribution >= 0.6 is 0 Å². The molecule has 0 unspecified atom stereocenters. The number of aryl methyl sites for hydroxylation is 2. The van der Waals surface area contributed by atoms with Gasteiger partial charge in [0.05, 0.1) is 27.5 Å². The second-order valence-electron chi connectivity index (χ2n) is 10.8. The van der Waals surface area contributed by atoms with Gasteiger partial charge in [0.2, 0.25) is 11.2 Å². The van der Waals surface area contributed by atoms with Gasteiger partial charge in [-0.05, 0) is 61.4 Å². The maximum absolute atomic E-state index is 14.4. The fraction of sp³-hybridized carbons (Fsp3) is 0.219. The summed E-state index contributed by atoms with van der Waals surface area (Å²) in [4.78, 5) is 0. The van der Waals surface area contributed by atoms with Gasteiger partial charge in [-0.2, -0.15) is 52.9 Å². The highest BCUT2D eigenvalue weighted by Crippen LogP contribution is 2.51. The summed E-state index contributed by atoms with van der Waals surface area (Å²) in [7, 11) is 1.57. The number of rotatable bonds is 2. The van der Waals surface area contributed by atoms with Crippen molar-refractivity contribution in [3.8, 4) is 11.3 Å². The fourth-order valence-corrected chi connectivity index (χ4v) is 5.86. The number of hydrogen-bond acceptors (Lipinski definition) is 1. The van der Waals surface area contributed by atoms with Crippen molar-refractivity contribution in [2.75, 3.05) is 0 Å². The molecule has 0 atom stereocenters. The van der Waals surface area contributed by atoms with Gasteiger partial charge in [0.25, 0.3) is 0 Å². The van der Waals surface area contributed by atoms with Crippen LogP contribution in [0.5, 0.6) is 0 Å². The lowest BCUT2D eigenvalue weighted by Crippen LogP contribution is -2.35. The number of pyridine rings is 1. The molecular weight excluding hydrogens is 623 g/mol. The fourth-order valence-electron chi connectivity index (χ4n) is 5.86. The number of furan rings is 1. The summed E-state index contributed by atoms with van der Waals surface area (Å²) in [6.45, 7) is 3.29. The summed E-state index contributed by atoms with van der Waals surface area (Å²) < 4.78 is 159. The zero-order valence-electron chi connectivity index (χ0n) is 23.3. The molecule has 0 N–H and O–H groups in total. The predicted molar refractivity (Wildman–Crippen MR) is 145 cm³/mol. The van der Waals surface area contributed by atoms with Crippen LogP contribution in [0.25, 0.3) is 54.9 Å². The van der Waals surface area contributed by atoms with Crippen molar-refractivity contribution in [1.82, 2.24) is 0 Å². The molecule has 2 aromatic heterocycles. The van der Waals surface area contributed by atoms with Crippen molar-refractivity contribution in [3.63, 3.8) is 0 Å². The average molecular weight is 642 g/mol. The molecule has 0 aliphatic carbocycles. The van der Waals surface area contributed by atoms with Crippen LogP contribution in [0, 0.1) is 13.8 Å². The lowest BCUT2D eigenvalue weighted by atomic mass is 9.91. The van der Waals surface area contributed by atoms with Crippen LogP contribution in [-0.4, -0.2) is 6.18 Å². The number of hydrogen-bond donors (Lipinski definition) is 0. The molecule has 0 radical (unpaired) electrons. The Balaban J connectivity index is 1.77. The molecule has 0 fully saturated rings. The summed E-state index contributed by atoms with van der Waals surface area (Å²) in [5.74, 6) is -5.85. The van der Waals surface area contributed by atoms with E-state index in [4.69, 9.17) is 4.42 Å². The van der Waals surface area contributed by atoms with Gasteiger partial charge in [-0.3, -0.25) is 0 Å². The smallest absolute Gasteiger partial charge is 0.455 e. The Morgan fingerprint density at radius 1 is 0.622 bits per heavy atom. The summed E-state index contributed by atoms with van der Waals surface area (Å²) in [5, 5.41) is 0.774. The van der Waals surface area contributed by atoms with E-state index in [1.165, 1.54) is 12.1 Å². The number of aromatic nitrogens is 1. The van der Waals surface area contributed by atoms with Crippen LogP contribution in [0.3, 0.4) is 0 Å². The summed E-state index contributed by atoms with van der Waals surface area (Å²) in [6, 6.07) is 11.4. The van der Waals surface area contributed by atoms with Crippen molar-refractivity contribution < 1.29 is 57.3 Å². The molecule has 0 saturated carbocycles. The normalized spacial score (nSPS) is 13.6. The highest BCUT2D eigenvalue weighted by molar-refractivity contribution is 6.15. The van der Waals surface area contributed by atoms with Crippen LogP contribution < -0.4 is 4.57 Å². The zero-order chi connectivity index (χ0) is 33.0. The van der Waals surface area contributed by atoms with E-state index in [0.29, 0.717) is 33.1 Å². The van der Waals surface area contributed by atoms with E-state index in [9.17, 15) is 48.3 Å². The Morgan fingerprint density at radius 2 is 1.27 bits per heavy atom. The quantitative estimate of drug-likeness (QED) is 0.104. The second-order valence-corrected chi connectivity index (χ2v) is 10.8. The molecule has 45 heavy (non-hydrogen) atoms. The Labute approximate surface area is 246 Å². The summed E-state index contributed by atoms with van der Waals surface area (Å²) in [5.41, 5.74) is -4.01. The molecule has 0 spiro atoms. The van der Waals surface area contributed by atoms with E-state index >= 15 is 0 Å². The minimum Gasteiger partial charge on any atom is -0.455 e. The first-order valence-corrected chi connectivity index (χ1v) is 13.2. The Hall–Kier alpha value is -4.42.